The van der Waals surface area contributed by atoms with Gasteiger partial charge in [-0.05, 0) is 23.4 Å². The molecule has 0 fully saturated rings. The molecule has 0 atom stereocenters. The molecule has 84 valence electrons. The first-order chi connectivity index (χ1) is 7.09. The summed E-state index contributed by atoms with van der Waals surface area (Å²) in [5, 5.41) is 1.36. The first-order valence-electron chi connectivity index (χ1n) is 5.75. The third-order valence-electron chi connectivity index (χ3n) is 3.68. The fourth-order valence-electron chi connectivity index (χ4n) is 2.35. The van der Waals surface area contributed by atoms with Crippen LogP contribution in [0, 0.1) is 0 Å². The van der Waals surface area contributed by atoms with Gasteiger partial charge in [0.1, 0.15) is 0 Å². The van der Waals surface area contributed by atoms with Gasteiger partial charge in [-0.3, -0.25) is 0 Å². The Hall–Kier alpha value is -0.963. The quantitative estimate of drug-likeness (QED) is 0.607. The van der Waals surface area contributed by atoms with Gasteiger partial charge in [-0.2, -0.15) is 0 Å². The molecule has 0 aromatic heterocycles. The van der Waals surface area contributed by atoms with Crippen molar-refractivity contribution >= 4 is 24.6 Å². The van der Waals surface area contributed by atoms with Gasteiger partial charge < -0.3 is 11.5 Å². The summed E-state index contributed by atoms with van der Waals surface area (Å²) in [5.74, 6) is 0. The Morgan fingerprint density at radius 3 is 2.00 bits per heavy atom. The molecule has 0 aliphatic rings. The first kappa shape index (κ1) is 12.1. The highest BCUT2D eigenvalue weighted by atomic mass is 28.3. The Kier molecular flexibility index (Phi) is 3.80. The zero-order valence-electron chi connectivity index (χ0n) is 10.0. The maximum atomic E-state index is 6.08. The largest absolute Gasteiger partial charge is 0.399 e. The molecule has 0 bridgehead atoms. The van der Waals surface area contributed by atoms with Crippen LogP contribution in [0.3, 0.4) is 0 Å². The second kappa shape index (κ2) is 4.70. The number of benzene rings is 1. The van der Waals surface area contributed by atoms with Gasteiger partial charge in [-0.1, -0.05) is 38.9 Å². The highest BCUT2D eigenvalue weighted by Crippen LogP contribution is 2.23. The van der Waals surface area contributed by atoms with Crippen LogP contribution < -0.4 is 16.7 Å². The van der Waals surface area contributed by atoms with Crippen molar-refractivity contribution in [2.24, 2.45) is 0 Å². The maximum absolute atomic E-state index is 6.08. The van der Waals surface area contributed by atoms with Crippen LogP contribution in [0.5, 0.6) is 0 Å². The van der Waals surface area contributed by atoms with Gasteiger partial charge in [0.25, 0.3) is 0 Å². The summed E-state index contributed by atoms with van der Waals surface area (Å²) in [7, 11) is -1.37. The smallest absolute Gasteiger partial charge is 0.0887 e. The van der Waals surface area contributed by atoms with Gasteiger partial charge in [0, 0.05) is 11.4 Å². The fourth-order valence-corrected chi connectivity index (χ4v) is 6.17. The van der Waals surface area contributed by atoms with E-state index in [9.17, 15) is 0 Å². The van der Waals surface area contributed by atoms with Crippen LogP contribution in [-0.2, 0) is 0 Å². The van der Waals surface area contributed by atoms with Crippen molar-refractivity contribution in [1.29, 1.82) is 0 Å². The molecule has 3 heteroatoms. The predicted molar refractivity (Wildman–Crippen MR) is 72.1 cm³/mol. The topological polar surface area (TPSA) is 52.0 Å². The van der Waals surface area contributed by atoms with Crippen molar-refractivity contribution in [3.05, 3.63) is 18.2 Å². The second-order valence-electron chi connectivity index (χ2n) is 4.19. The lowest BCUT2D eigenvalue weighted by atomic mass is 10.3. The van der Waals surface area contributed by atoms with Crippen LogP contribution in [0.1, 0.15) is 20.8 Å². The van der Waals surface area contributed by atoms with Crippen LogP contribution >= 0.6 is 0 Å². The van der Waals surface area contributed by atoms with Crippen LogP contribution in [0.25, 0.3) is 0 Å². The van der Waals surface area contributed by atoms with E-state index >= 15 is 0 Å². The Labute approximate surface area is 93.7 Å². The van der Waals surface area contributed by atoms with Gasteiger partial charge in [0.2, 0.25) is 0 Å². The maximum Gasteiger partial charge on any atom is 0.0887 e. The van der Waals surface area contributed by atoms with E-state index in [1.165, 1.54) is 23.3 Å². The van der Waals surface area contributed by atoms with Crippen molar-refractivity contribution in [3.8, 4) is 0 Å². The number of rotatable bonds is 4. The van der Waals surface area contributed by atoms with E-state index in [2.05, 4.69) is 26.8 Å². The van der Waals surface area contributed by atoms with E-state index in [-0.39, 0.29) is 0 Å². The number of anilines is 2. The first-order valence-corrected chi connectivity index (χ1v) is 8.37. The van der Waals surface area contributed by atoms with Crippen molar-refractivity contribution in [1.82, 2.24) is 0 Å². The Morgan fingerprint density at radius 2 is 1.53 bits per heavy atom. The summed E-state index contributed by atoms with van der Waals surface area (Å²) in [5.41, 5.74) is 13.7. The van der Waals surface area contributed by atoms with E-state index < -0.39 is 8.07 Å². The summed E-state index contributed by atoms with van der Waals surface area (Å²) in [6, 6.07) is 9.67. The predicted octanol–water partition coefficient (Wildman–Crippen LogP) is 2.57. The molecule has 0 saturated heterocycles. The molecule has 0 radical (unpaired) electrons. The minimum absolute atomic E-state index is 0.839. The average Bonchev–Trinajstić information content (AvgIpc) is 2.26. The minimum Gasteiger partial charge on any atom is -0.399 e. The Bertz CT molecular complexity index is 324. The summed E-state index contributed by atoms with van der Waals surface area (Å²) in [4.78, 5) is 0. The van der Waals surface area contributed by atoms with E-state index in [4.69, 9.17) is 11.5 Å². The molecule has 0 heterocycles. The van der Waals surface area contributed by atoms with Crippen LogP contribution in [0.2, 0.25) is 18.1 Å². The number of hydrogen-bond acceptors (Lipinski definition) is 2. The number of nitrogen functional groups attached to an aromatic ring is 2. The second-order valence-corrected chi connectivity index (χ2v) is 9.41. The van der Waals surface area contributed by atoms with Gasteiger partial charge in [-0.15, -0.1) is 0 Å². The van der Waals surface area contributed by atoms with Crippen molar-refractivity contribution in [3.63, 3.8) is 0 Å². The highest BCUT2D eigenvalue weighted by Gasteiger charge is 2.30. The van der Waals surface area contributed by atoms with Crippen molar-refractivity contribution < 1.29 is 0 Å². The molecule has 0 unspecified atom stereocenters. The molecule has 0 spiro atoms. The molecule has 0 aliphatic heterocycles. The number of hydrogen-bond donors (Lipinski definition) is 2. The Morgan fingerprint density at radius 1 is 1.00 bits per heavy atom. The summed E-state index contributed by atoms with van der Waals surface area (Å²) < 4.78 is 0. The zero-order chi connectivity index (χ0) is 11.5. The summed E-state index contributed by atoms with van der Waals surface area (Å²) in [6.45, 7) is 6.84. The zero-order valence-corrected chi connectivity index (χ0v) is 11.0. The number of nitrogens with two attached hydrogens (primary N) is 2. The average molecular weight is 222 g/mol. The molecule has 15 heavy (non-hydrogen) atoms. The molecular formula is C12H22N2Si. The molecule has 0 saturated carbocycles. The molecule has 0 aliphatic carbocycles. The lowest BCUT2D eigenvalue weighted by molar-refractivity contribution is 1.20. The van der Waals surface area contributed by atoms with E-state index in [0.29, 0.717) is 0 Å². The molecule has 0 amide bonds. The third-order valence-corrected chi connectivity index (χ3v) is 9.32. The normalized spacial score (nSPS) is 11.7. The van der Waals surface area contributed by atoms with Crippen LogP contribution in [-0.4, -0.2) is 8.07 Å². The summed E-state index contributed by atoms with van der Waals surface area (Å²) >= 11 is 0. The van der Waals surface area contributed by atoms with Gasteiger partial charge in [0.05, 0.1) is 8.07 Å². The van der Waals surface area contributed by atoms with Gasteiger partial charge in [0.15, 0.2) is 0 Å². The van der Waals surface area contributed by atoms with Crippen LogP contribution in [0.15, 0.2) is 18.2 Å². The standard InChI is InChI=1S/C12H22N2Si/c1-4-15(5-2,6-3)12-9-10(13)7-8-11(12)14/h7-9H,4-6,13-14H2,1-3H3. The van der Waals surface area contributed by atoms with Crippen molar-refractivity contribution in [2.75, 3.05) is 11.5 Å². The lowest BCUT2D eigenvalue weighted by Gasteiger charge is -2.30. The lowest BCUT2D eigenvalue weighted by Crippen LogP contribution is -2.47. The molecule has 4 N–H and O–H groups in total. The monoisotopic (exact) mass is 222 g/mol. The van der Waals surface area contributed by atoms with E-state index in [0.717, 1.165) is 11.4 Å². The molecule has 1 rings (SSSR count). The fraction of sp³-hybridized carbons (Fsp3) is 0.500. The molecule has 1 aromatic carbocycles. The third kappa shape index (κ3) is 2.17. The minimum atomic E-state index is -1.37. The van der Waals surface area contributed by atoms with Gasteiger partial charge >= 0.3 is 0 Å². The van der Waals surface area contributed by atoms with E-state index in [1.807, 2.05) is 12.1 Å². The van der Waals surface area contributed by atoms with Crippen molar-refractivity contribution in [2.45, 2.75) is 38.9 Å². The Balaban J connectivity index is 3.27. The van der Waals surface area contributed by atoms with Gasteiger partial charge in [-0.25, -0.2) is 0 Å². The van der Waals surface area contributed by atoms with E-state index in [1.54, 1.807) is 0 Å². The highest BCUT2D eigenvalue weighted by molar-refractivity contribution is 6.92. The summed E-state index contributed by atoms with van der Waals surface area (Å²) in [6.07, 6.45) is 0. The molecule has 1 aromatic rings. The SMILES string of the molecule is CC[Si](CC)(CC)c1cc(N)ccc1N. The van der Waals surface area contributed by atoms with Crippen LogP contribution in [0.4, 0.5) is 11.4 Å². The molecular weight excluding hydrogens is 200 g/mol. The molecule has 2 nitrogen and oxygen atoms in total.